The van der Waals surface area contributed by atoms with Crippen LogP contribution in [0.4, 0.5) is 0 Å². The van der Waals surface area contributed by atoms with Crippen molar-refractivity contribution in [3.63, 3.8) is 0 Å². The molecule has 0 saturated heterocycles. The van der Waals surface area contributed by atoms with Gasteiger partial charge in [0, 0.05) is 53.3 Å². The summed E-state index contributed by atoms with van der Waals surface area (Å²) in [6.07, 6.45) is 11.0. The zero-order chi connectivity index (χ0) is 44.4. The molecule has 17 nitrogen and oxygen atoms in total. The third-order valence-electron chi connectivity index (χ3n) is 10.7. The van der Waals surface area contributed by atoms with Gasteiger partial charge < -0.3 is 37.8 Å². The fourth-order valence-corrected chi connectivity index (χ4v) is 6.69. The number of amides is 3. The van der Waals surface area contributed by atoms with Gasteiger partial charge in [-0.25, -0.2) is 9.97 Å². The summed E-state index contributed by atoms with van der Waals surface area (Å²) in [6.45, 7) is 7.22. The van der Waals surface area contributed by atoms with Crippen molar-refractivity contribution in [3.05, 3.63) is 54.6 Å². The quantitative estimate of drug-likeness (QED) is 0.138. The highest BCUT2D eigenvalue weighted by molar-refractivity contribution is 6.06. The van der Waals surface area contributed by atoms with Gasteiger partial charge in [0.15, 0.2) is 17.2 Å². The molecule has 0 aliphatic carbocycles. The lowest BCUT2D eigenvalue weighted by Gasteiger charge is -2.31. The van der Waals surface area contributed by atoms with Crippen molar-refractivity contribution in [1.29, 1.82) is 0 Å². The molecule has 0 saturated carbocycles. The Morgan fingerprint density at radius 2 is 1.73 bits per heavy atom. The lowest BCUT2D eigenvalue weighted by atomic mass is 9.86. The van der Waals surface area contributed by atoms with Crippen molar-refractivity contribution in [1.82, 2.24) is 20.2 Å². The number of allylic oxidation sites excluding steroid dienone is 2. The lowest BCUT2D eigenvalue weighted by molar-refractivity contribution is -0.156. The van der Waals surface area contributed by atoms with Crippen LogP contribution in [0.1, 0.15) is 95.4 Å². The van der Waals surface area contributed by atoms with E-state index in [1.165, 1.54) is 37.3 Å². The van der Waals surface area contributed by atoms with Gasteiger partial charge in [-0.3, -0.25) is 34.1 Å². The van der Waals surface area contributed by atoms with Gasteiger partial charge in [0.1, 0.15) is 30.5 Å². The highest BCUT2D eigenvalue weighted by Gasteiger charge is 2.32. The van der Waals surface area contributed by atoms with Gasteiger partial charge in [-0.2, -0.15) is 0 Å². The van der Waals surface area contributed by atoms with Crippen LogP contribution in [0.15, 0.2) is 51.9 Å². The minimum absolute atomic E-state index is 0.0213. The first-order chi connectivity index (χ1) is 28.6. The molecule has 1 aliphatic rings. The van der Waals surface area contributed by atoms with E-state index in [1.807, 2.05) is 26.8 Å². The van der Waals surface area contributed by atoms with Crippen molar-refractivity contribution in [3.8, 4) is 11.6 Å². The molecular weight excluding hydrogens is 780 g/mol. The summed E-state index contributed by atoms with van der Waals surface area (Å²) < 4.78 is 33.7. The van der Waals surface area contributed by atoms with Crippen LogP contribution in [0.2, 0.25) is 0 Å². The van der Waals surface area contributed by atoms with E-state index in [1.54, 1.807) is 39.6 Å². The van der Waals surface area contributed by atoms with E-state index in [-0.39, 0.29) is 78.2 Å². The molecule has 0 aromatic carbocycles. The standard InChI is InChI=1S/C43H60N4O13/c1-26-13-9-10-17-38-44-32(24-58-38)43-45-31(23-59-43)41(53)46-42(54)40(57-8)29(4)33(50)15-11-14-30(49)21-39(52)60-37(26)22-36(56-7)27(2)18-19-34(51)28(3)35(55-6)16-12-20-47(5)25-48/h10-12,15,17,20,23-30,35-37,40,49H,9,13-14,16,18-19,21-22H2,1-8H3,(H,46,53,54)/b15-11+,17-10-,20-12+/t26-,27+,28+,29-,30-,35-,36-,37-,40+/m0/s1. The predicted molar refractivity (Wildman–Crippen MR) is 217 cm³/mol. The minimum Gasteiger partial charge on any atom is -0.462 e. The number of hydrogen-bond donors (Lipinski definition) is 2. The van der Waals surface area contributed by atoms with Gasteiger partial charge in [-0.05, 0) is 56.1 Å². The maximum atomic E-state index is 13.3. The van der Waals surface area contributed by atoms with Gasteiger partial charge in [0.2, 0.25) is 18.2 Å². The normalized spacial score (nSPS) is 24.6. The molecule has 3 amide bonds. The fourth-order valence-electron chi connectivity index (χ4n) is 6.69. The van der Waals surface area contributed by atoms with Crippen LogP contribution in [-0.4, -0.2) is 115 Å². The number of imide groups is 1. The highest BCUT2D eigenvalue weighted by Crippen LogP contribution is 2.28. The molecule has 17 heteroatoms. The Labute approximate surface area is 350 Å². The number of aromatic nitrogens is 2. The summed E-state index contributed by atoms with van der Waals surface area (Å²) in [4.78, 5) is 86.0. The van der Waals surface area contributed by atoms with Crippen molar-refractivity contribution < 1.29 is 61.7 Å². The van der Waals surface area contributed by atoms with E-state index < -0.39 is 47.8 Å². The number of aliphatic hydroxyl groups is 1. The maximum Gasteiger partial charge on any atom is 0.308 e. The monoisotopic (exact) mass is 840 g/mol. The Morgan fingerprint density at radius 1 is 1.02 bits per heavy atom. The average Bonchev–Trinajstić information content (AvgIpc) is 3.91. The van der Waals surface area contributed by atoms with Crippen LogP contribution in [0.25, 0.3) is 17.7 Å². The number of fused-ring (bicyclic) bond motifs is 5. The molecule has 9 atom stereocenters. The van der Waals surface area contributed by atoms with Crippen LogP contribution in [0.3, 0.4) is 0 Å². The topological polar surface area (TPSA) is 227 Å². The first kappa shape index (κ1) is 49.3. The Balaban J connectivity index is 1.78. The second-order valence-corrected chi connectivity index (χ2v) is 15.2. The molecule has 0 spiro atoms. The number of cyclic esters (lactones) is 1. The van der Waals surface area contributed by atoms with Crippen molar-refractivity contribution in [2.45, 2.75) is 110 Å². The third kappa shape index (κ3) is 15.2. The largest absolute Gasteiger partial charge is 0.462 e. The first-order valence-corrected chi connectivity index (χ1v) is 20.1. The molecule has 0 radical (unpaired) electrons. The average molecular weight is 841 g/mol. The first-order valence-electron chi connectivity index (χ1n) is 20.1. The van der Waals surface area contributed by atoms with Gasteiger partial charge in [0.25, 0.3) is 11.8 Å². The van der Waals surface area contributed by atoms with Crippen LogP contribution < -0.4 is 5.32 Å². The lowest BCUT2D eigenvalue weighted by Crippen LogP contribution is -2.44. The van der Waals surface area contributed by atoms with E-state index in [4.69, 9.17) is 27.8 Å². The Hall–Kier alpha value is -5.10. The third-order valence-corrected chi connectivity index (χ3v) is 10.7. The molecule has 2 N–H and O–H groups in total. The molecule has 0 fully saturated rings. The Morgan fingerprint density at radius 3 is 2.42 bits per heavy atom. The van der Waals surface area contributed by atoms with Crippen LogP contribution in [-0.2, 0) is 42.9 Å². The van der Waals surface area contributed by atoms with Gasteiger partial charge in [-0.1, -0.05) is 45.9 Å². The molecule has 1 aliphatic heterocycles. The van der Waals surface area contributed by atoms with Crippen molar-refractivity contribution in [2.24, 2.45) is 23.7 Å². The molecule has 3 heterocycles. The van der Waals surface area contributed by atoms with Crippen molar-refractivity contribution in [2.75, 3.05) is 28.4 Å². The summed E-state index contributed by atoms with van der Waals surface area (Å²) in [5.74, 6) is -4.31. The second kappa shape index (κ2) is 24.9. The molecule has 2 aromatic heterocycles. The number of carbonyl (C=O) groups excluding carboxylic acids is 6. The number of carbonyl (C=O) groups is 6. The van der Waals surface area contributed by atoms with Crippen molar-refractivity contribution >= 4 is 41.8 Å². The molecule has 4 bridgehead atoms. The summed E-state index contributed by atoms with van der Waals surface area (Å²) in [6, 6.07) is 0. The van der Waals surface area contributed by atoms with Crippen LogP contribution >= 0.6 is 0 Å². The number of oxazole rings is 2. The zero-order valence-electron chi connectivity index (χ0n) is 35.7. The summed E-state index contributed by atoms with van der Waals surface area (Å²) in [5.41, 5.74) is 0.000850. The maximum absolute atomic E-state index is 13.3. The predicted octanol–water partition coefficient (Wildman–Crippen LogP) is 4.89. The summed E-state index contributed by atoms with van der Waals surface area (Å²) in [5, 5.41) is 12.9. The molecule has 330 valence electrons. The van der Waals surface area contributed by atoms with E-state index in [9.17, 15) is 33.9 Å². The number of aliphatic hydroxyl groups excluding tert-OH is 1. The number of nitrogens with one attached hydrogen (secondary N) is 1. The summed E-state index contributed by atoms with van der Waals surface area (Å²) in [7, 11) is 5.97. The van der Waals surface area contributed by atoms with E-state index >= 15 is 0 Å². The van der Waals surface area contributed by atoms with Gasteiger partial charge in [0.05, 0.1) is 30.7 Å². The minimum atomic E-state index is -1.34. The van der Waals surface area contributed by atoms with E-state index in [0.717, 1.165) is 6.26 Å². The zero-order valence-corrected chi connectivity index (χ0v) is 35.7. The molecule has 2 aromatic rings. The molecule has 0 unspecified atom stereocenters. The molecule has 3 rings (SSSR count). The smallest absolute Gasteiger partial charge is 0.308 e. The second-order valence-electron chi connectivity index (χ2n) is 15.2. The molecular formula is C43H60N4O13. The number of hydrogen-bond acceptors (Lipinski definition) is 15. The number of esters is 1. The Bertz CT molecular complexity index is 1820. The van der Waals surface area contributed by atoms with Crippen LogP contribution in [0.5, 0.6) is 0 Å². The fraction of sp³-hybridized carbons (Fsp3) is 0.581. The molecule has 60 heavy (non-hydrogen) atoms. The van der Waals surface area contributed by atoms with Crippen LogP contribution in [0, 0.1) is 23.7 Å². The number of ether oxygens (including phenoxy) is 4. The van der Waals surface area contributed by atoms with E-state index in [0.29, 0.717) is 38.5 Å². The number of rotatable bonds is 15. The highest BCUT2D eigenvalue weighted by atomic mass is 16.5. The summed E-state index contributed by atoms with van der Waals surface area (Å²) >= 11 is 0. The number of Topliss-reactive ketones (excluding diaryl/α,β-unsaturated/α-hetero) is 1. The van der Waals surface area contributed by atoms with E-state index in [2.05, 4.69) is 15.3 Å². The van der Waals surface area contributed by atoms with Gasteiger partial charge >= 0.3 is 5.97 Å². The Kier molecular flexibility index (Phi) is 20.4. The number of ketones is 2. The van der Waals surface area contributed by atoms with Gasteiger partial charge in [-0.15, -0.1) is 0 Å². The number of methoxy groups -OCH3 is 3. The SMILES string of the molecule is CO[C@@H](C[C@@H]1OC(=O)C[C@@H](O)C/C=C/C(=O)[C@H](C)[C@@H](OC)C(=O)NC(=O)c2coc(n2)-c2coc(n2)/C=C\CC[C@@H]1C)[C@H](C)CCC(=O)[C@@H](C)[C@H](C/C=C/N(C)C=O)OC. The number of nitrogens with zero attached hydrogens (tertiary/aromatic N) is 3.